The number of hydrogen-bond donors (Lipinski definition) is 0. The Bertz CT molecular complexity index is 119. The molecule has 0 N–H and O–H groups in total. The number of carbonyl (C=O) groups excluding carboxylic acids is 1. The number of hydrogen-bond acceptors (Lipinski definition) is 2. The quantitative estimate of drug-likeness (QED) is 0.433. The lowest BCUT2D eigenvalue weighted by molar-refractivity contribution is -0.143. The van der Waals surface area contributed by atoms with Crippen LogP contribution in [0.25, 0.3) is 0 Å². The first-order valence-corrected chi connectivity index (χ1v) is 4.00. The first-order valence-electron chi connectivity index (χ1n) is 4.00. The summed E-state index contributed by atoms with van der Waals surface area (Å²) in [6.45, 7) is 7.70. The Labute approximate surface area is 68.2 Å². The largest absolute Gasteiger partial charge is 0.466 e. The molecule has 0 spiro atoms. The lowest BCUT2D eigenvalue weighted by Crippen LogP contribution is -2.04. The molecule has 0 heterocycles. The van der Waals surface area contributed by atoms with Gasteiger partial charge in [0.25, 0.3) is 0 Å². The molecule has 0 saturated carbocycles. The molecule has 0 aliphatic heterocycles. The molecule has 0 saturated heterocycles. The molecular formula is C9H15O2. The average Bonchev–Trinajstić information content (AvgIpc) is 2.01. The van der Waals surface area contributed by atoms with Crippen LogP contribution in [0.3, 0.4) is 0 Å². The normalized spacial score (nSPS) is 9.18. The topological polar surface area (TPSA) is 26.3 Å². The molecule has 0 aromatic rings. The number of unbranched alkanes of at least 4 members (excludes halogenated alkanes) is 1. The second-order valence-electron chi connectivity index (χ2n) is 2.35. The molecule has 2 nitrogen and oxygen atoms in total. The molecule has 0 amide bonds. The van der Waals surface area contributed by atoms with Gasteiger partial charge in [-0.05, 0) is 12.8 Å². The first kappa shape index (κ1) is 10.2. The second-order valence-corrected chi connectivity index (χ2v) is 2.35. The van der Waals surface area contributed by atoms with Gasteiger partial charge in [0.15, 0.2) is 0 Å². The minimum Gasteiger partial charge on any atom is -0.466 e. The zero-order valence-corrected chi connectivity index (χ0v) is 7.01. The van der Waals surface area contributed by atoms with Crippen LogP contribution in [-0.2, 0) is 9.53 Å². The van der Waals surface area contributed by atoms with E-state index in [0.29, 0.717) is 19.4 Å². The Hall–Kier alpha value is -0.790. The predicted octanol–water partition coefficient (Wildman–Crippen LogP) is 2.10. The molecule has 0 aromatic heterocycles. The summed E-state index contributed by atoms with van der Waals surface area (Å²) in [6.07, 6.45) is 4.47. The summed E-state index contributed by atoms with van der Waals surface area (Å²) in [5.74, 6) is -0.153. The van der Waals surface area contributed by atoms with Crippen molar-refractivity contribution in [3.05, 3.63) is 12.7 Å². The molecule has 0 bridgehead atoms. The highest BCUT2D eigenvalue weighted by Crippen LogP contribution is 1.95. The monoisotopic (exact) mass is 155 g/mol. The summed E-state index contributed by atoms with van der Waals surface area (Å²) in [5.41, 5.74) is 0. The van der Waals surface area contributed by atoms with Crippen molar-refractivity contribution in [2.75, 3.05) is 6.61 Å². The molecule has 63 valence electrons. The molecule has 0 aliphatic carbocycles. The Morgan fingerprint density at radius 1 is 1.64 bits per heavy atom. The molecular weight excluding hydrogens is 140 g/mol. The molecule has 0 atom stereocenters. The smallest absolute Gasteiger partial charge is 0.306 e. The van der Waals surface area contributed by atoms with Crippen molar-refractivity contribution in [2.45, 2.75) is 32.6 Å². The molecule has 2 heteroatoms. The zero-order valence-electron chi connectivity index (χ0n) is 7.01. The van der Waals surface area contributed by atoms with Crippen molar-refractivity contribution in [1.82, 2.24) is 0 Å². The number of rotatable bonds is 6. The van der Waals surface area contributed by atoms with Crippen LogP contribution in [0, 0.1) is 6.58 Å². The van der Waals surface area contributed by atoms with E-state index in [-0.39, 0.29) is 5.97 Å². The first-order chi connectivity index (χ1) is 5.31. The third-order valence-corrected chi connectivity index (χ3v) is 1.28. The van der Waals surface area contributed by atoms with Gasteiger partial charge in [0.05, 0.1) is 6.61 Å². The summed E-state index contributed by atoms with van der Waals surface area (Å²) in [4.78, 5) is 10.8. The van der Waals surface area contributed by atoms with Gasteiger partial charge < -0.3 is 4.74 Å². The standard InChI is InChI=1S/C9H15O2/c1-3-5-7-9(10)11-8-6-4-2/h1,3H,4-8H2,2H3. The lowest BCUT2D eigenvalue weighted by atomic mass is 10.3. The van der Waals surface area contributed by atoms with E-state index in [0.717, 1.165) is 12.8 Å². The van der Waals surface area contributed by atoms with Gasteiger partial charge in [0, 0.05) is 6.42 Å². The minimum atomic E-state index is -0.153. The van der Waals surface area contributed by atoms with Crippen molar-refractivity contribution in [1.29, 1.82) is 0 Å². The number of ether oxygens (including phenoxy) is 1. The highest BCUT2D eigenvalue weighted by Gasteiger charge is 1.98. The van der Waals surface area contributed by atoms with E-state index in [4.69, 9.17) is 11.3 Å². The van der Waals surface area contributed by atoms with Crippen LogP contribution in [0.1, 0.15) is 32.6 Å². The van der Waals surface area contributed by atoms with Crippen LogP contribution in [0.5, 0.6) is 0 Å². The van der Waals surface area contributed by atoms with Crippen LogP contribution < -0.4 is 0 Å². The van der Waals surface area contributed by atoms with Crippen molar-refractivity contribution < 1.29 is 9.53 Å². The molecule has 0 unspecified atom stereocenters. The highest BCUT2D eigenvalue weighted by molar-refractivity contribution is 5.69. The molecule has 0 fully saturated rings. The van der Waals surface area contributed by atoms with Gasteiger partial charge in [-0.3, -0.25) is 4.79 Å². The number of carbonyl (C=O) groups is 1. The van der Waals surface area contributed by atoms with Gasteiger partial charge in [-0.15, -0.1) is 0 Å². The van der Waals surface area contributed by atoms with Gasteiger partial charge >= 0.3 is 5.97 Å². The third-order valence-electron chi connectivity index (χ3n) is 1.28. The van der Waals surface area contributed by atoms with Crippen LogP contribution in [0.15, 0.2) is 6.08 Å². The minimum absolute atomic E-state index is 0.153. The van der Waals surface area contributed by atoms with E-state index in [1.165, 1.54) is 6.08 Å². The van der Waals surface area contributed by atoms with Crippen LogP contribution in [0.2, 0.25) is 0 Å². The summed E-state index contributed by atoms with van der Waals surface area (Å²) < 4.78 is 4.87. The summed E-state index contributed by atoms with van der Waals surface area (Å²) in [5, 5.41) is 0. The fourth-order valence-electron chi connectivity index (χ4n) is 0.604. The van der Waals surface area contributed by atoms with Crippen LogP contribution >= 0.6 is 0 Å². The maximum Gasteiger partial charge on any atom is 0.306 e. The van der Waals surface area contributed by atoms with Gasteiger partial charge in [0.2, 0.25) is 0 Å². The molecule has 0 aromatic carbocycles. The fourth-order valence-corrected chi connectivity index (χ4v) is 0.604. The van der Waals surface area contributed by atoms with E-state index in [1.54, 1.807) is 0 Å². The van der Waals surface area contributed by atoms with Crippen molar-refractivity contribution in [2.24, 2.45) is 0 Å². The Kier molecular flexibility index (Phi) is 6.79. The van der Waals surface area contributed by atoms with Gasteiger partial charge in [-0.2, -0.15) is 0 Å². The maximum absolute atomic E-state index is 10.8. The summed E-state index contributed by atoms with van der Waals surface area (Å²) in [7, 11) is 0. The number of allylic oxidation sites excluding steroid dienone is 1. The van der Waals surface area contributed by atoms with Crippen molar-refractivity contribution in [3.63, 3.8) is 0 Å². The summed E-state index contributed by atoms with van der Waals surface area (Å²) >= 11 is 0. The van der Waals surface area contributed by atoms with E-state index >= 15 is 0 Å². The van der Waals surface area contributed by atoms with Crippen molar-refractivity contribution >= 4 is 5.97 Å². The van der Waals surface area contributed by atoms with Gasteiger partial charge in [0.1, 0.15) is 0 Å². The third kappa shape index (κ3) is 7.10. The van der Waals surface area contributed by atoms with E-state index in [2.05, 4.69) is 6.92 Å². The average molecular weight is 155 g/mol. The zero-order chi connectivity index (χ0) is 8.53. The SMILES string of the molecule is [CH]=CCCC(=O)OCCCC. The fraction of sp³-hybridized carbons (Fsp3) is 0.667. The Balaban J connectivity index is 3.15. The highest BCUT2D eigenvalue weighted by atomic mass is 16.5. The van der Waals surface area contributed by atoms with Gasteiger partial charge in [-0.1, -0.05) is 26.0 Å². The van der Waals surface area contributed by atoms with Crippen LogP contribution in [-0.4, -0.2) is 12.6 Å². The molecule has 0 rings (SSSR count). The van der Waals surface area contributed by atoms with E-state index in [9.17, 15) is 4.79 Å². The van der Waals surface area contributed by atoms with Crippen molar-refractivity contribution in [3.8, 4) is 0 Å². The number of esters is 1. The predicted molar refractivity (Wildman–Crippen MR) is 44.0 cm³/mol. The van der Waals surface area contributed by atoms with E-state index in [1.807, 2.05) is 0 Å². The Morgan fingerprint density at radius 2 is 2.36 bits per heavy atom. The lowest BCUT2D eigenvalue weighted by Gasteiger charge is -2.00. The summed E-state index contributed by atoms with van der Waals surface area (Å²) in [6, 6.07) is 0. The second kappa shape index (κ2) is 7.32. The molecule has 1 radical (unpaired) electrons. The van der Waals surface area contributed by atoms with Crippen LogP contribution in [0.4, 0.5) is 0 Å². The molecule has 0 aliphatic rings. The maximum atomic E-state index is 10.8. The van der Waals surface area contributed by atoms with E-state index < -0.39 is 0 Å². The van der Waals surface area contributed by atoms with Gasteiger partial charge in [-0.25, -0.2) is 0 Å². The molecule has 11 heavy (non-hydrogen) atoms. The Morgan fingerprint density at radius 3 is 2.91 bits per heavy atom.